The zero-order chi connectivity index (χ0) is 15.3. The maximum atomic E-state index is 13.2. The van der Waals surface area contributed by atoms with Crippen LogP contribution >= 0.6 is 0 Å². The van der Waals surface area contributed by atoms with Crippen molar-refractivity contribution in [2.75, 3.05) is 6.61 Å². The van der Waals surface area contributed by atoms with E-state index in [9.17, 15) is 26.7 Å². The fourth-order valence-corrected chi connectivity index (χ4v) is 1.42. The molecule has 0 radical (unpaired) electrons. The third-order valence-electron chi connectivity index (χ3n) is 2.27. The highest BCUT2D eigenvalue weighted by molar-refractivity contribution is 5.85. The molecule has 0 aliphatic heterocycles. The zero-order valence-corrected chi connectivity index (χ0v) is 10.4. The van der Waals surface area contributed by atoms with Crippen molar-refractivity contribution in [1.29, 1.82) is 0 Å². The van der Waals surface area contributed by atoms with E-state index in [-0.39, 0.29) is 18.6 Å². The van der Waals surface area contributed by atoms with Gasteiger partial charge in [-0.25, -0.2) is 9.18 Å². The second kappa shape index (κ2) is 6.49. The minimum atomic E-state index is -4.69. The molecule has 0 aromatic heterocycles. The third-order valence-corrected chi connectivity index (χ3v) is 2.27. The van der Waals surface area contributed by atoms with Crippen molar-refractivity contribution in [1.82, 2.24) is 0 Å². The highest BCUT2D eigenvalue weighted by Gasteiger charge is 2.31. The average molecular weight is 294 g/mol. The third kappa shape index (κ3) is 4.64. The highest BCUT2D eigenvalue weighted by Crippen LogP contribution is 2.30. The van der Waals surface area contributed by atoms with E-state index < -0.39 is 29.4 Å². The Morgan fingerprint density at radius 1 is 1.30 bits per heavy atom. The lowest BCUT2D eigenvalue weighted by atomic mass is 10.1. The smallest absolute Gasteiger partial charge is 0.416 e. The minimum absolute atomic E-state index is 0.0295. The first kappa shape index (κ1) is 16.1. The van der Waals surface area contributed by atoms with Crippen LogP contribution in [0.15, 0.2) is 30.1 Å². The number of hydrogen-bond acceptors (Lipinski definition) is 2. The minimum Gasteiger partial charge on any atom is -0.461 e. The Morgan fingerprint density at radius 2 is 1.95 bits per heavy atom. The van der Waals surface area contributed by atoms with Gasteiger partial charge in [-0.1, -0.05) is 0 Å². The van der Waals surface area contributed by atoms with Gasteiger partial charge in [-0.2, -0.15) is 17.6 Å². The van der Waals surface area contributed by atoms with E-state index in [1.807, 2.05) is 0 Å². The van der Waals surface area contributed by atoms with Crippen LogP contribution in [0.4, 0.5) is 22.0 Å². The summed E-state index contributed by atoms with van der Waals surface area (Å²) in [5.74, 6) is -3.52. The predicted octanol–water partition coefficient (Wildman–Crippen LogP) is 3.80. The van der Waals surface area contributed by atoms with Gasteiger partial charge in [0.2, 0.25) is 5.83 Å². The number of ether oxygens (including phenoxy) is 1. The molecule has 1 rings (SSSR count). The van der Waals surface area contributed by atoms with Crippen LogP contribution in [0.25, 0.3) is 0 Å². The molecule has 0 heterocycles. The van der Waals surface area contributed by atoms with Gasteiger partial charge in [0.25, 0.3) is 0 Å². The van der Waals surface area contributed by atoms with Crippen molar-refractivity contribution in [3.05, 3.63) is 47.0 Å². The van der Waals surface area contributed by atoms with Gasteiger partial charge in [-0.15, -0.1) is 0 Å². The molecule has 110 valence electrons. The number of carbonyl (C=O) groups is 1. The first-order chi connectivity index (χ1) is 9.24. The SMILES string of the molecule is CCOC(=O)/C(F)=C/Cc1cc(F)cc(C(F)(F)F)c1. The van der Waals surface area contributed by atoms with Crippen molar-refractivity contribution in [3.63, 3.8) is 0 Å². The topological polar surface area (TPSA) is 26.3 Å². The summed E-state index contributed by atoms with van der Waals surface area (Å²) in [4.78, 5) is 10.9. The van der Waals surface area contributed by atoms with E-state index in [4.69, 9.17) is 0 Å². The Bertz CT molecular complexity index is 520. The van der Waals surface area contributed by atoms with Crippen LogP contribution in [0, 0.1) is 5.82 Å². The molecule has 1 aromatic rings. The van der Waals surface area contributed by atoms with Gasteiger partial charge in [0.1, 0.15) is 5.82 Å². The maximum Gasteiger partial charge on any atom is 0.416 e. The van der Waals surface area contributed by atoms with E-state index in [0.717, 1.165) is 12.1 Å². The van der Waals surface area contributed by atoms with Crippen LogP contribution < -0.4 is 0 Å². The largest absolute Gasteiger partial charge is 0.461 e. The summed E-state index contributed by atoms with van der Waals surface area (Å²) in [5, 5.41) is 0. The molecular weight excluding hydrogens is 283 g/mol. The number of benzene rings is 1. The van der Waals surface area contributed by atoms with E-state index in [1.54, 1.807) is 0 Å². The maximum absolute atomic E-state index is 13.2. The molecule has 0 atom stereocenters. The average Bonchev–Trinajstić information content (AvgIpc) is 2.34. The molecule has 0 unspecified atom stereocenters. The van der Waals surface area contributed by atoms with Crippen molar-refractivity contribution in [3.8, 4) is 0 Å². The molecule has 0 N–H and O–H groups in total. The van der Waals surface area contributed by atoms with Gasteiger partial charge in [0.15, 0.2) is 0 Å². The number of esters is 1. The summed E-state index contributed by atoms with van der Waals surface area (Å²) >= 11 is 0. The second-order valence-electron chi connectivity index (χ2n) is 3.82. The van der Waals surface area contributed by atoms with Gasteiger partial charge in [-0.3, -0.25) is 0 Å². The van der Waals surface area contributed by atoms with Crippen LogP contribution in [-0.4, -0.2) is 12.6 Å². The molecule has 2 nitrogen and oxygen atoms in total. The first-order valence-corrected chi connectivity index (χ1v) is 5.63. The van der Waals surface area contributed by atoms with E-state index in [2.05, 4.69) is 4.74 Å². The van der Waals surface area contributed by atoms with Crippen LogP contribution in [0.5, 0.6) is 0 Å². The number of alkyl halides is 3. The van der Waals surface area contributed by atoms with Gasteiger partial charge < -0.3 is 4.74 Å². The monoisotopic (exact) mass is 294 g/mol. The van der Waals surface area contributed by atoms with Gasteiger partial charge in [0, 0.05) is 0 Å². The Balaban J connectivity index is 2.91. The predicted molar refractivity (Wildman–Crippen MR) is 60.9 cm³/mol. The van der Waals surface area contributed by atoms with Crippen LogP contribution in [-0.2, 0) is 22.1 Å². The Hall–Kier alpha value is -1.92. The number of carbonyl (C=O) groups excluding carboxylic acids is 1. The number of halogens is 5. The zero-order valence-electron chi connectivity index (χ0n) is 10.4. The number of hydrogen-bond donors (Lipinski definition) is 0. The normalized spacial score (nSPS) is 12.4. The molecule has 0 bridgehead atoms. The van der Waals surface area contributed by atoms with Gasteiger partial charge in [-0.05, 0) is 43.2 Å². The Labute approximate surface area is 111 Å². The standard InChI is InChI=1S/C13H11F5O2/c1-2-20-12(19)11(15)4-3-8-5-9(13(16,17)18)7-10(14)6-8/h4-7H,2-3H2,1H3/b11-4-. The molecule has 0 saturated heterocycles. The molecule has 0 spiro atoms. The van der Waals surface area contributed by atoms with Crippen molar-refractivity contribution in [2.24, 2.45) is 0 Å². The Morgan fingerprint density at radius 3 is 2.50 bits per heavy atom. The highest BCUT2D eigenvalue weighted by atomic mass is 19.4. The fourth-order valence-electron chi connectivity index (χ4n) is 1.42. The molecule has 0 aliphatic carbocycles. The molecule has 20 heavy (non-hydrogen) atoms. The summed E-state index contributed by atoms with van der Waals surface area (Å²) in [6.07, 6.45) is -4.31. The van der Waals surface area contributed by atoms with Crippen molar-refractivity contribution in [2.45, 2.75) is 19.5 Å². The molecular formula is C13H11F5O2. The van der Waals surface area contributed by atoms with Crippen molar-refractivity contribution >= 4 is 5.97 Å². The summed E-state index contributed by atoms with van der Waals surface area (Å²) in [6, 6.07) is 1.87. The first-order valence-electron chi connectivity index (χ1n) is 5.63. The molecule has 1 aromatic carbocycles. The van der Waals surface area contributed by atoms with Gasteiger partial charge >= 0.3 is 12.1 Å². The van der Waals surface area contributed by atoms with E-state index >= 15 is 0 Å². The summed E-state index contributed by atoms with van der Waals surface area (Å²) in [5.41, 5.74) is -1.27. The lowest BCUT2D eigenvalue weighted by Crippen LogP contribution is -2.07. The van der Waals surface area contributed by atoms with Crippen LogP contribution in [0.2, 0.25) is 0 Å². The Kier molecular flexibility index (Phi) is 5.24. The second-order valence-corrected chi connectivity index (χ2v) is 3.82. The lowest BCUT2D eigenvalue weighted by Gasteiger charge is -2.08. The molecule has 0 fully saturated rings. The molecule has 0 saturated carbocycles. The fraction of sp³-hybridized carbons (Fsp3) is 0.308. The summed E-state index contributed by atoms with van der Waals surface area (Å²) in [7, 11) is 0. The summed E-state index contributed by atoms with van der Waals surface area (Å²) in [6.45, 7) is 1.45. The van der Waals surface area contributed by atoms with Crippen LogP contribution in [0.3, 0.4) is 0 Å². The lowest BCUT2D eigenvalue weighted by molar-refractivity contribution is -0.140. The van der Waals surface area contributed by atoms with Crippen LogP contribution in [0.1, 0.15) is 18.1 Å². The quantitative estimate of drug-likeness (QED) is 0.479. The molecule has 0 amide bonds. The summed E-state index contributed by atoms with van der Waals surface area (Å²) < 4.78 is 67.9. The number of rotatable bonds is 4. The van der Waals surface area contributed by atoms with Gasteiger partial charge in [0.05, 0.1) is 12.2 Å². The molecule has 7 heteroatoms. The molecule has 0 aliphatic rings. The van der Waals surface area contributed by atoms with E-state index in [1.165, 1.54) is 6.92 Å². The number of allylic oxidation sites excluding steroid dienone is 1. The van der Waals surface area contributed by atoms with E-state index in [0.29, 0.717) is 12.1 Å². The van der Waals surface area contributed by atoms with Crippen molar-refractivity contribution < 1.29 is 31.5 Å².